The fourth-order valence-corrected chi connectivity index (χ4v) is 2.71. The van der Waals surface area contributed by atoms with Crippen LogP contribution in [0.25, 0.3) is 0 Å². The van der Waals surface area contributed by atoms with Crippen LogP contribution in [-0.2, 0) is 4.79 Å². The van der Waals surface area contributed by atoms with Crippen LogP contribution >= 0.6 is 24.0 Å². The molecule has 1 aromatic carbocycles. The van der Waals surface area contributed by atoms with Gasteiger partial charge in [-0.2, -0.15) is 0 Å². The maximum absolute atomic E-state index is 12.4. The van der Waals surface area contributed by atoms with Gasteiger partial charge in [0.15, 0.2) is 0 Å². The van der Waals surface area contributed by atoms with E-state index in [1.807, 2.05) is 0 Å². The van der Waals surface area contributed by atoms with Crippen LogP contribution < -0.4 is 11.1 Å². The van der Waals surface area contributed by atoms with Gasteiger partial charge in [0.25, 0.3) is 5.91 Å². The highest BCUT2D eigenvalue weighted by Gasteiger charge is 2.28. The lowest BCUT2D eigenvalue weighted by molar-refractivity contribution is -0.126. The van der Waals surface area contributed by atoms with Crippen LogP contribution in [0.1, 0.15) is 23.2 Å². The van der Waals surface area contributed by atoms with Crippen molar-refractivity contribution in [1.29, 1.82) is 0 Å². The van der Waals surface area contributed by atoms with E-state index < -0.39 is 0 Å². The SMILES string of the molecule is Cl.NCCNC(=O)C1CCCN(C(=O)c2cccc(Cl)c2)C1. The number of benzene rings is 1. The Labute approximate surface area is 141 Å². The van der Waals surface area contributed by atoms with Gasteiger partial charge in [0.2, 0.25) is 5.91 Å². The average Bonchev–Trinajstić information content (AvgIpc) is 2.52. The quantitative estimate of drug-likeness (QED) is 0.871. The van der Waals surface area contributed by atoms with Gasteiger partial charge in [-0.3, -0.25) is 9.59 Å². The fourth-order valence-electron chi connectivity index (χ4n) is 2.52. The maximum atomic E-state index is 12.4. The summed E-state index contributed by atoms with van der Waals surface area (Å²) < 4.78 is 0. The number of hydrogen-bond acceptors (Lipinski definition) is 3. The number of hydrogen-bond donors (Lipinski definition) is 2. The summed E-state index contributed by atoms with van der Waals surface area (Å²) in [5, 5.41) is 3.32. The van der Waals surface area contributed by atoms with Crippen molar-refractivity contribution in [3.8, 4) is 0 Å². The molecule has 1 unspecified atom stereocenters. The molecule has 0 aromatic heterocycles. The van der Waals surface area contributed by atoms with Crippen molar-refractivity contribution in [2.24, 2.45) is 11.7 Å². The van der Waals surface area contributed by atoms with Crippen molar-refractivity contribution in [1.82, 2.24) is 10.2 Å². The first-order valence-corrected chi connectivity index (χ1v) is 7.52. The highest BCUT2D eigenvalue weighted by atomic mass is 35.5. The molecular formula is C15H21Cl2N3O2. The van der Waals surface area contributed by atoms with E-state index in [1.54, 1.807) is 29.2 Å². The Balaban J connectivity index is 0.00000242. The van der Waals surface area contributed by atoms with Gasteiger partial charge in [0, 0.05) is 36.8 Å². The molecule has 1 aliphatic rings. The molecule has 0 radical (unpaired) electrons. The van der Waals surface area contributed by atoms with Crippen molar-refractivity contribution in [2.45, 2.75) is 12.8 Å². The molecule has 1 heterocycles. The first-order valence-electron chi connectivity index (χ1n) is 7.14. The summed E-state index contributed by atoms with van der Waals surface area (Å²) >= 11 is 5.92. The average molecular weight is 346 g/mol. The third-order valence-corrected chi connectivity index (χ3v) is 3.83. The van der Waals surface area contributed by atoms with Crippen molar-refractivity contribution in [3.05, 3.63) is 34.9 Å². The van der Waals surface area contributed by atoms with E-state index in [9.17, 15) is 9.59 Å². The van der Waals surface area contributed by atoms with Gasteiger partial charge < -0.3 is 16.0 Å². The Bertz CT molecular complexity index is 525. The standard InChI is InChI=1S/C15H20ClN3O2.ClH/c16-13-5-1-3-11(9-13)15(21)19-8-2-4-12(10-19)14(20)18-7-6-17;/h1,3,5,9,12H,2,4,6-8,10,17H2,(H,18,20);1H. The molecule has 22 heavy (non-hydrogen) atoms. The summed E-state index contributed by atoms with van der Waals surface area (Å²) in [5.41, 5.74) is 5.94. The Morgan fingerprint density at radius 1 is 1.41 bits per heavy atom. The molecule has 1 fully saturated rings. The highest BCUT2D eigenvalue weighted by molar-refractivity contribution is 6.30. The number of rotatable bonds is 4. The van der Waals surface area contributed by atoms with Crippen molar-refractivity contribution in [3.63, 3.8) is 0 Å². The third-order valence-electron chi connectivity index (χ3n) is 3.59. The minimum atomic E-state index is -0.159. The summed E-state index contributed by atoms with van der Waals surface area (Å²) in [7, 11) is 0. The van der Waals surface area contributed by atoms with Gasteiger partial charge in [-0.05, 0) is 31.0 Å². The molecule has 3 N–H and O–H groups in total. The summed E-state index contributed by atoms with van der Waals surface area (Å²) in [6.45, 7) is 2.01. The van der Waals surface area contributed by atoms with Gasteiger partial charge in [0.05, 0.1) is 5.92 Å². The summed E-state index contributed by atoms with van der Waals surface area (Å²) in [5.74, 6) is -0.258. The lowest BCUT2D eigenvalue weighted by atomic mass is 9.96. The second-order valence-corrected chi connectivity index (χ2v) is 5.62. The third kappa shape index (κ3) is 4.87. The van der Waals surface area contributed by atoms with E-state index in [0.717, 1.165) is 12.8 Å². The zero-order valence-electron chi connectivity index (χ0n) is 12.3. The Hall–Kier alpha value is -1.30. The minimum Gasteiger partial charge on any atom is -0.355 e. The fraction of sp³-hybridized carbons (Fsp3) is 0.467. The Morgan fingerprint density at radius 2 is 2.18 bits per heavy atom. The van der Waals surface area contributed by atoms with Crippen molar-refractivity contribution < 1.29 is 9.59 Å². The zero-order chi connectivity index (χ0) is 15.2. The van der Waals surface area contributed by atoms with Crippen molar-refractivity contribution in [2.75, 3.05) is 26.2 Å². The second-order valence-electron chi connectivity index (χ2n) is 5.18. The monoisotopic (exact) mass is 345 g/mol. The molecule has 1 saturated heterocycles. The van der Waals surface area contributed by atoms with Crippen LogP contribution in [0.2, 0.25) is 5.02 Å². The van der Waals surface area contributed by atoms with E-state index in [1.165, 1.54) is 0 Å². The van der Waals surface area contributed by atoms with Gasteiger partial charge in [0.1, 0.15) is 0 Å². The predicted octanol–water partition coefficient (Wildman–Crippen LogP) is 1.69. The Kier molecular flexibility index (Phi) is 7.65. The molecule has 2 rings (SSSR count). The minimum absolute atomic E-state index is 0. The molecule has 0 aliphatic carbocycles. The normalized spacial score (nSPS) is 17.5. The van der Waals surface area contributed by atoms with E-state index >= 15 is 0 Å². The van der Waals surface area contributed by atoms with Gasteiger partial charge in [-0.15, -0.1) is 12.4 Å². The number of carbonyl (C=O) groups excluding carboxylic acids is 2. The molecule has 0 spiro atoms. The maximum Gasteiger partial charge on any atom is 0.253 e. The number of nitrogens with two attached hydrogens (primary N) is 1. The molecule has 2 amide bonds. The first kappa shape index (κ1) is 18.7. The molecular weight excluding hydrogens is 325 g/mol. The van der Waals surface area contributed by atoms with Crippen LogP contribution in [0.5, 0.6) is 0 Å². The number of piperidine rings is 1. The lowest BCUT2D eigenvalue weighted by Gasteiger charge is -2.32. The zero-order valence-corrected chi connectivity index (χ0v) is 13.8. The van der Waals surface area contributed by atoms with Crippen LogP contribution in [-0.4, -0.2) is 42.9 Å². The molecule has 0 bridgehead atoms. The topological polar surface area (TPSA) is 75.4 Å². The second kappa shape index (κ2) is 8.98. The van der Waals surface area contributed by atoms with Crippen LogP contribution in [0.3, 0.4) is 0 Å². The van der Waals surface area contributed by atoms with Gasteiger partial charge in [-0.25, -0.2) is 0 Å². The van der Waals surface area contributed by atoms with E-state index in [4.69, 9.17) is 17.3 Å². The lowest BCUT2D eigenvalue weighted by Crippen LogP contribution is -2.46. The summed E-state index contributed by atoms with van der Waals surface area (Å²) in [6, 6.07) is 6.89. The smallest absolute Gasteiger partial charge is 0.253 e. The molecule has 1 aromatic rings. The summed E-state index contributed by atoms with van der Waals surface area (Å²) in [4.78, 5) is 26.2. The van der Waals surface area contributed by atoms with E-state index in [0.29, 0.717) is 36.8 Å². The predicted molar refractivity (Wildman–Crippen MR) is 89.4 cm³/mol. The molecule has 5 nitrogen and oxygen atoms in total. The molecule has 1 aliphatic heterocycles. The largest absolute Gasteiger partial charge is 0.355 e. The molecule has 7 heteroatoms. The number of amides is 2. The summed E-state index contributed by atoms with van der Waals surface area (Å²) in [6.07, 6.45) is 1.63. The van der Waals surface area contributed by atoms with Gasteiger partial charge in [-0.1, -0.05) is 17.7 Å². The number of carbonyl (C=O) groups is 2. The van der Waals surface area contributed by atoms with Crippen LogP contribution in [0, 0.1) is 5.92 Å². The Morgan fingerprint density at radius 3 is 2.86 bits per heavy atom. The number of nitrogens with one attached hydrogen (secondary N) is 1. The number of halogens is 2. The molecule has 0 saturated carbocycles. The van der Waals surface area contributed by atoms with Crippen LogP contribution in [0.15, 0.2) is 24.3 Å². The molecule has 1 atom stereocenters. The van der Waals surface area contributed by atoms with Gasteiger partial charge >= 0.3 is 0 Å². The number of nitrogens with zero attached hydrogens (tertiary/aromatic N) is 1. The van der Waals surface area contributed by atoms with E-state index in [-0.39, 0.29) is 30.1 Å². The number of likely N-dealkylation sites (tertiary alicyclic amines) is 1. The first-order chi connectivity index (χ1) is 10.1. The van der Waals surface area contributed by atoms with E-state index in [2.05, 4.69) is 5.32 Å². The highest BCUT2D eigenvalue weighted by Crippen LogP contribution is 2.20. The van der Waals surface area contributed by atoms with Crippen LogP contribution in [0.4, 0.5) is 0 Å². The van der Waals surface area contributed by atoms with Crippen molar-refractivity contribution >= 4 is 35.8 Å². The molecule has 122 valence electrons.